The Morgan fingerprint density at radius 2 is 2.26 bits per heavy atom. The number of nitrogens with two attached hydrogens (primary N) is 1. The van der Waals surface area contributed by atoms with E-state index in [-0.39, 0.29) is 12.6 Å². The molecule has 1 aliphatic heterocycles. The lowest BCUT2D eigenvalue weighted by molar-refractivity contribution is 0.0115. The van der Waals surface area contributed by atoms with Crippen molar-refractivity contribution in [2.75, 3.05) is 13.2 Å². The fourth-order valence-electron chi connectivity index (χ4n) is 2.65. The SMILES string of the molecule is NC(CCO)c1cccc(CCC2CCCCO2)c1. The van der Waals surface area contributed by atoms with Crippen LogP contribution in [0, 0.1) is 0 Å². The molecule has 0 spiro atoms. The van der Waals surface area contributed by atoms with Crippen LogP contribution < -0.4 is 5.73 Å². The van der Waals surface area contributed by atoms with Gasteiger partial charge >= 0.3 is 0 Å². The van der Waals surface area contributed by atoms with Crippen LogP contribution in [-0.2, 0) is 11.2 Å². The fraction of sp³-hybridized carbons (Fsp3) is 0.625. The summed E-state index contributed by atoms with van der Waals surface area (Å²) in [5.41, 5.74) is 8.47. The Kier molecular flexibility index (Phi) is 5.83. The molecule has 3 nitrogen and oxygen atoms in total. The molecule has 0 radical (unpaired) electrons. The summed E-state index contributed by atoms with van der Waals surface area (Å²) in [6.07, 6.45) is 6.90. The molecule has 3 N–H and O–H groups in total. The molecule has 106 valence electrons. The zero-order chi connectivity index (χ0) is 13.5. The first-order valence-electron chi connectivity index (χ1n) is 7.36. The summed E-state index contributed by atoms with van der Waals surface area (Å²) < 4.78 is 5.76. The van der Waals surface area contributed by atoms with Crippen molar-refractivity contribution in [2.24, 2.45) is 5.73 Å². The van der Waals surface area contributed by atoms with Crippen molar-refractivity contribution in [3.63, 3.8) is 0 Å². The summed E-state index contributed by atoms with van der Waals surface area (Å²) in [6.45, 7) is 1.06. The Morgan fingerprint density at radius 1 is 1.37 bits per heavy atom. The van der Waals surface area contributed by atoms with Crippen molar-refractivity contribution >= 4 is 0 Å². The summed E-state index contributed by atoms with van der Waals surface area (Å²) >= 11 is 0. The molecule has 1 saturated heterocycles. The van der Waals surface area contributed by atoms with E-state index in [1.165, 1.54) is 24.8 Å². The third kappa shape index (κ3) is 4.60. The molecule has 0 saturated carbocycles. The first kappa shape index (κ1) is 14.5. The van der Waals surface area contributed by atoms with Gasteiger partial charge in [0.25, 0.3) is 0 Å². The average Bonchev–Trinajstić information content (AvgIpc) is 2.47. The van der Waals surface area contributed by atoms with Gasteiger partial charge in [0.1, 0.15) is 0 Å². The molecule has 1 fully saturated rings. The molecule has 2 rings (SSSR count). The highest BCUT2D eigenvalue weighted by atomic mass is 16.5. The highest BCUT2D eigenvalue weighted by molar-refractivity contribution is 5.26. The number of hydrogen-bond donors (Lipinski definition) is 2. The summed E-state index contributed by atoms with van der Waals surface area (Å²) in [4.78, 5) is 0. The fourth-order valence-corrected chi connectivity index (χ4v) is 2.65. The van der Waals surface area contributed by atoms with E-state index < -0.39 is 0 Å². The molecule has 1 aromatic rings. The van der Waals surface area contributed by atoms with E-state index in [0.29, 0.717) is 12.5 Å². The van der Waals surface area contributed by atoms with Crippen molar-refractivity contribution in [2.45, 2.75) is 50.7 Å². The lowest BCUT2D eigenvalue weighted by Gasteiger charge is -2.22. The lowest BCUT2D eigenvalue weighted by atomic mass is 9.97. The Labute approximate surface area is 115 Å². The van der Waals surface area contributed by atoms with Gasteiger partial charge in [0.2, 0.25) is 0 Å². The summed E-state index contributed by atoms with van der Waals surface area (Å²) in [5, 5.41) is 8.94. The van der Waals surface area contributed by atoms with Gasteiger partial charge in [0.05, 0.1) is 6.10 Å². The summed E-state index contributed by atoms with van der Waals surface area (Å²) in [5.74, 6) is 0. The second-order valence-corrected chi connectivity index (χ2v) is 5.39. The van der Waals surface area contributed by atoms with Crippen molar-refractivity contribution < 1.29 is 9.84 Å². The monoisotopic (exact) mass is 263 g/mol. The normalized spacial score (nSPS) is 21.3. The minimum absolute atomic E-state index is 0.0594. The zero-order valence-corrected chi connectivity index (χ0v) is 11.6. The van der Waals surface area contributed by atoms with Gasteiger partial charge in [-0.15, -0.1) is 0 Å². The number of hydrogen-bond acceptors (Lipinski definition) is 3. The molecular formula is C16H25NO2. The number of aliphatic hydroxyl groups is 1. The van der Waals surface area contributed by atoms with Gasteiger partial charge in [-0.25, -0.2) is 0 Å². The second kappa shape index (κ2) is 7.63. The molecule has 0 bridgehead atoms. The van der Waals surface area contributed by atoms with E-state index >= 15 is 0 Å². The zero-order valence-electron chi connectivity index (χ0n) is 11.6. The Hall–Kier alpha value is -0.900. The minimum atomic E-state index is -0.0594. The van der Waals surface area contributed by atoms with E-state index in [2.05, 4.69) is 18.2 Å². The Balaban J connectivity index is 1.87. The number of ether oxygens (including phenoxy) is 1. The second-order valence-electron chi connectivity index (χ2n) is 5.39. The van der Waals surface area contributed by atoms with Crippen LogP contribution in [0.5, 0.6) is 0 Å². The van der Waals surface area contributed by atoms with Crippen molar-refractivity contribution in [3.8, 4) is 0 Å². The maximum atomic E-state index is 8.94. The van der Waals surface area contributed by atoms with E-state index in [0.717, 1.165) is 25.0 Å². The highest BCUT2D eigenvalue weighted by Crippen LogP contribution is 2.20. The van der Waals surface area contributed by atoms with Gasteiger partial charge in [-0.2, -0.15) is 0 Å². The number of aryl methyl sites for hydroxylation is 1. The van der Waals surface area contributed by atoms with Crippen molar-refractivity contribution in [3.05, 3.63) is 35.4 Å². The maximum Gasteiger partial charge on any atom is 0.0578 e. The standard InChI is InChI=1S/C16H25NO2/c17-16(9-10-18)14-5-3-4-13(12-14)7-8-15-6-1-2-11-19-15/h3-5,12,15-16,18H,1-2,6-11,17H2. The molecule has 1 aromatic carbocycles. The van der Waals surface area contributed by atoms with Gasteiger partial charge in [0.15, 0.2) is 0 Å². The Morgan fingerprint density at radius 3 is 3.00 bits per heavy atom. The predicted octanol–water partition coefficient (Wildman–Crippen LogP) is 2.57. The van der Waals surface area contributed by atoms with Crippen LogP contribution in [0.25, 0.3) is 0 Å². The van der Waals surface area contributed by atoms with E-state index in [1.807, 2.05) is 6.07 Å². The first-order valence-corrected chi connectivity index (χ1v) is 7.36. The van der Waals surface area contributed by atoms with Gasteiger partial charge < -0.3 is 15.6 Å². The van der Waals surface area contributed by atoms with Gasteiger partial charge in [0, 0.05) is 19.3 Å². The smallest absolute Gasteiger partial charge is 0.0578 e. The predicted molar refractivity (Wildman–Crippen MR) is 77.0 cm³/mol. The van der Waals surface area contributed by atoms with Crippen molar-refractivity contribution in [1.82, 2.24) is 0 Å². The summed E-state index contributed by atoms with van der Waals surface area (Å²) in [7, 11) is 0. The quantitative estimate of drug-likeness (QED) is 0.829. The molecule has 19 heavy (non-hydrogen) atoms. The summed E-state index contributed by atoms with van der Waals surface area (Å²) in [6, 6.07) is 8.36. The lowest BCUT2D eigenvalue weighted by Crippen LogP contribution is -2.19. The number of rotatable bonds is 6. The molecule has 2 unspecified atom stereocenters. The van der Waals surface area contributed by atoms with Gasteiger partial charge in [-0.3, -0.25) is 0 Å². The van der Waals surface area contributed by atoms with Gasteiger partial charge in [-0.1, -0.05) is 24.3 Å². The molecule has 0 aliphatic carbocycles. The van der Waals surface area contributed by atoms with Crippen LogP contribution in [-0.4, -0.2) is 24.4 Å². The largest absolute Gasteiger partial charge is 0.396 e. The molecule has 1 aliphatic rings. The molecule has 1 heterocycles. The third-order valence-corrected chi connectivity index (χ3v) is 3.85. The van der Waals surface area contributed by atoms with Crippen LogP contribution >= 0.6 is 0 Å². The molecule has 2 atom stereocenters. The van der Waals surface area contributed by atoms with E-state index in [9.17, 15) is 0 Å². The molecule has 0 amide bonds. The average molecular weight is 263 g/mol. The van der Waals surface area contributed by atoms with Gasteiger partial charge in [-0.05, 0) is 49.7 Å². The van der Waals surface area contributed by atoms with E-state index in [4.69, 9.17) is 15.6 Å². The van der Waals surface area contributed by atoms with Crippen LogP contribution in [0.15, 0.2) is 24.3 Å². The Bertz CT molecular complexity index is 375. The van der Waals surface area contributed by atoms with Crippen molar-refractivity contribution in [1.29, 1.82) is 0 Å². The third-order valence-electron chi connectivity index (χ3n) is 3.85. The van der Waals surface area contributed by atoms with Crippen LogP contribution in [0.1, 0.15) is 49.3 Å². The number of benzene rings is 1. The van der Waals surface area contributed by atoms with Crippen LogP contribution in [0.3, 0.4) is 0 Å². The molecular weight excluding hydrogens is 238 g/mol. The number of aliphatic hydroxyl groups excluding tert-OH is 1. The topological polar surface area (TPSA) is 55.5 Å². The highest BCUT2D eigenvalue weighted by Gasteiger charge is 2.13. The maximum absolute atomic E-state index is 8.94. The van der Waals surface area contributed by atoms with Crippen LogP contribution in [0.2, 0.25) is 0 Å². The van der Waals surface area contributed by atoms with Crippen LogP contribution in [0.4, 0.5) is 0 Å². The first-order chi connectivity index (χ1) is 9.29. The molecule has 0 aromatic heterocycles. The molecule has 3 heteroatoms. The van der Waals surface area contributed by atoms with E-state index in [1.54, 1.807) is 0 Å². The minimum Gasteiger partial charge on any atom is -0.396 e.